The van der Waals surface area contributed by atoms with Crippen molar-refractivity contribution in [1.82, 2.24) is 0 Å². The highest BCUT2D eigenvalue weighted by atomic mass is 31.2. The highest BCUT2D eigenvalue weighted by molar-refractivity contribution is 7.47. The molecule has 0 spiro atoms. The summed E-state index contributed by atoms with van der Waals surface area (Å²) >= 11 is 0. The van der Waals surface area contributed by atoms with Crippen LogP contribution in [0.3, 0.4) is 0 Å². The number of nitrogens with two attached hydrogens (primary N) is 1. The Bertz CT molecular complexity index is 645. The van der Waals surface area contributed by atoms with Crippen LogP contribution < -0.4 is 5.73 Å². The van der Waals surface area contributed by atoms with Crippen LogP contribution in [0, 0.1) is 0 Å². The lowest BCUT2D eigenvalue weighted by atomic mass is 10.1. The van der Waals surface area contributed by atoms with Crippen LogP contribution in [0.5, 0.6) is 0 Å². The average Bonchev–Trinajstić information content (AvgIpc) is 2.86. The van der Waals surface area contributed by atoms with Gasteiger partial charge in [0, 0.05) is 6.42 Å². The van der Waals surface area contributed by atoms with Gasteiger partial charge in [0.15, 0.2) is 0 Å². The number of aliphatic hydroxyl groups is 1. The van der Waals surface area contributed by atoms with Gasteiger partial charge in [-0.25, -0.2) is 4.57 Å². The van der Waals surface area contributed by atoms with Gasteiger partial charge in [-0.05, 0) is 32.1 Å². The lowest BCUT2D eigenvalue weighted by Gasteiger charge is -2.16. The van der Waals surface area contributed by atoms with Crippen molar-refractivity contribution in [3.8, 4) is 0 Å². The Kier molecular flexibility index (Phi) is 22.1. The number of aliphatic hydroxyl groups excluding tert-OH is 1. The fourth-order valence-electron chi connectivity index (χ4n) is 3.26. The lowest BCUT2D eigenvalue weighted by Crippen LogP contribution is -2.35. The van der Waals surface area contributed by atoms with Crippen molar-refractivity contribution in [3.05, 3.63) is 12.2 Å². The number of phosphoric ester groups is 1. The van der Waals surface area contributed by atoms with Gasteiger partial charge in [-0.2, -0.15) is 0 Å². The van der Waals surface area contributed by atoms with Crippen molar-refractivity contribution in [2.24, 2.45) is 5.73 Å². The minimum Gasteiger partial charge on any atom is -0.468 e. The fraction of sp³-hybridized carbons (Fsp3) is 0.840. The Morgan fingerprint density at radius 3 is 1.97 bits per heavy atom. The molecule has 0 aliphatic carbocycles. The summed E-state index contributed by atoms with van der Waals surface area (Å²) in [7, 11) is -3.42. The molecule has 1 unspecified atom stereocenters. The first kappa shape index (κ1) is 34.7. The van der Waals surface area contributed by atoms with Gasteiger partial charge in [-0.3, -0.25) is 18.6 Å². The summed E-state index contributed by atoms with van der Waals surface area (Å²) in [5.41, 5.74) is 5.39. The van der Waals surface area contributed by atoms with Crippen LogP contribution in [-0.2, 0) is 32.7 Å². The van der Waals surface area contributed by atoms with E-state index in [-0.39, 0.29) is 13.0 Å². The first-order chi connectivity index (χ1) is 17.2. The first-order valence-corrected chi connectivity index (χ1v) is 14.6. The number of phosphoric acid groups is 1. The molecule has 10 nitrogen and oxygen atoms in total. The molecule has 0 aromatic carbocycles. The van der Waals surface area contributed by atoms with E-state index in [0.717, 1.165) is 39.2 Å². The van der Waals surface area contributed by atoms with E-state index in [1.54, 1.807) is 0 Å². The van der Waals surface area contributed by atoms with E-state index < -0.39 is 45.1 Å². The Morgan fingerprint density at radius 1 is 0.861 bits per heavy atom. The highest BCUT2D eigenvalue weighted by Crippen LogP contribution is 2.43. The number of hydrogen-bond donors (Lipinski definition) is 3. The molecule has 11 heteroatoms. The Hall–Kier alpha value is -1.29. The van der Waals surface area contributed by atoms with Gasteiger partial charge >= 0.3 is 19.8 Å². The molecule has 0 heterocycles. The second-order valence-corrected chi connectivity index (χ2v) is 10.3. The summed E-state index contributed by atoms with van der Waals surface area (Å²) in [6.07, 6.45) is 18.7. The number of esters is 2. The minimum atomic E-state index is -4.54. The maximum atomic E-state index is 11.8. The second-order valence-electron chi connectivity index (χ2n) is 8.86. The summed E-state index contributed by atoms with van der Waals surface area (Å²) < 4.78 is 30.2. The van der Waals surface area contributed by atoms with E-state index in [0.29, 0.717) is 6.42 Å². The van der Waals surface area contributed by atoms with E-state index in [4.69, 9.17) is 10.5 Å². The number of allylic oxidation sites excluding steroid dienone is 2. The predicted octanol–water partition coefficient (Wildman–Crippen LogP) is 4.56. The number of carbonyl (C=O) groups excluding carboxylic acids is 2. The zero-order valence-electron chi connectivity index (χ0n) is 22.1. The van der Waals surface area contributed by atoms with E-state index in [1.165, 1.54) is 44.9 Å². The van der Waals surface area contributed by atoms with Gasteiger partial charge < -0.3 is 25.2 Å². The van der Waals surface area contributed by atoms with Crippen LogP contribution >= 0.6 is 7.82 Å². The Labute approximate surface area is 216 Å². The number of carbonyl (C=O) groups is 2. The van der Waals surface area contributed by atoms with Crippen molar-refractivity contribution in [1.29, 1.82) is 0 Å². The van der Waals surface area contributed by atoms with Gasteiger partial charge in [-0.15, -0.1) is 0 Å². The monoisotopic (exact) mass is 537 g/mol. The molecule has 0 aliphatic heterocycles. The molecule has 3 atom stereocenters. The van der Waals surface area contributed by atoms with Gasteiger partial charge in [0.2, 0.25) is 0 Å². The molecule has 0 amide bonds. The van der Waals surface area contributed by atoms with Gasteiger partial charge in [0.1, 0.15) is 18.8 Å². The van der Waals surface area contributed by atoms with Crippen molar-refractivity contribution in [2.45, 2.75) is 109 Å². The quantitative estimate of drug-likeness (QED) is 0.0690. The third-order valence-corrected chi connectivity index (χ3v) is 6.38. The average molecular weight is 538 g/mol. The van der Waals surface area contributed by atoms with Crippen LogP contribution in [0.1, 0.15) is 96.8 Å². The largest absolute Gasteiger partial charge is 0.472 e. The van der Waals surface area contributed by atoms with Crippen LogP contribution in [0.25, 0.3) is 0 Å². The van der Waals surface area contributed by atoms with Crippen LogP contribution in [0.2, 0.25) is 0 Å². The molecule has 0 rings (SSSR count). The van der Waals surface area contributed by atoms with E-state index in [9.17, 15) is 24.2 Å². The molecule has 0 aromatic heterocycles. The molecule has 4 N–H and O–H groups in total. The zero-order chi connectivity index (χ0) is 27.1. The minimum absolute atomic E-state index is 0.249. The molecule has 0 saturated heterocycles. The van der Waals surface area contributed by atoms with E-state index in [2.05, 4.69) is 32.9 Å². The number of rotatable bonds is 24. The zero-order valence-corrected chi connectivity index (χ0v) is 23.0. The second kappa shape index (κ2) is 22.9. The number of ether oxygens (including phenoxy) is 2. The number of hydrogen-bond acceptors (Lipinski definition) is 9. The maximum absolute atomic E-state index is 11.8. The van der Waals surface area contributed by atoms with Crippen molar-refractivity contribution in [2.75, 3.05) is 26.9 Å². The molecule has 36 heavy (non-hydrogen) atoms. The Morgan fingerprint density at radius 2 is 1.39 bits per heavy atom. The van der Waals surface area contributed by atoms with Crippen molar-refractivity contribution < 1.29 is 42.7 Å². The third kappa shape index (κ3) is 21.9. The summed E-state index contributed by atoms with van der Waals surface area (Å²) in [4.78, 5) is 32.4. The van der Waals surface area contributed by atoms with Gasteiger partial charge in [0.05, 0.1) is 20.3 Å². The first-order valence-electron chi connectivity index (χ1n) is 13.2. The molecular weight excluding hydrogens is 489 g/mol. The topological polar surface area (TPSA) is 155 Å². The van der Waals surface area contributed by atoms with Crippen LogP contribution in [0.15, 0.2) is 12.2 Å². The van der Waals surface area contributed by atoms with Crippen LogP contribution in [-0.4, -0.2) is 61.0 Å². The smallest absolute Gasteiger partial charge is 0.468 e. The number of unbranched alkanes of at least 4 members (excludes halogenated alkanes) is 11. The Balaban J connectivity index is 3.65. The summed E-state index contributed by atoms with van der Waals surface area (Å²) in [6, 6.07) is -1.25. The predicted molar refractivity (Wildman–Crippen MR) is 138 cm³/mol. The molecule has 0 bridgehead atoms. The molecule has 0 aromatic rings. The van der Waals surface area contributed by atoms with E-state index >= 15 is 0 Å². The van der Waals surface area contributed by atoms with E-state index in [1.807, 2.05) is 0 Å². The van der Waals surface area contributed by atoms with Crippen molar-refractivity contribution >= 4 is 19.8 Å². The molecule has 0 radical (unpaired) electrons. The normalized spacial score (nSPS) is 14.9. The molecule has 0 aliphatic rings. The summed E-state index contributed by atoms with van der Waals surface area (Å²) in [5, 5.41) is 9.77. The molecule has 212 valence electrons. The maximum Gasteiger partial charge on any atom is 0.472 e. The molecular formula is C25H48NO9P. The SMILES string of the molecule is CCCCCCCC/C=C\CCCCCCCC(=O)OC[C@@H](O)COP(=O)(O)OC[C@H](N)C(=O)OC. The van der Waals surface area contributed by atoms with Gasteiger partial charge in [0.25, 0.3) is 0 Å². The highest BCUT2D eigenvalue weighted by Gasteiger charge is 2.26. The van der Waals surface area contributed by atoms with Crippen LogP contribution in [0.4, 0.5) is 0 Å². The summed E-state index contributed by atoms with van der Waals surface area (Å²) in [5.74, 6) is -1.26. The van der Waals surface area contributed by atoms with Crippen molar-refractivity contribution in [3.63, 3.8) is 0 Å². The standard InChI is InChI=1S/C25H48NO9P/c1-3-4-5-6-7-8-9-10-11-12-13-14-15-16-17-18-24(28)33-19-22(27)20-34-36(30,31)35-21-23(26)25(29)32-2/h10-11,22-23,27H,3-9,12-21,26H2,1-2H3,(H,30,31)/b11-10-/t22-,23+/m1/s1. The number of methoxy groups -OCH3 is 1. The van der Waals surface area contributed by atoms with Gasteiger partial charge in [-0.1, -0.05) is 70.4 Å². The summed E-state index contributed by atoms with van der Waals surface area (Å²) in [6.45, 7) is 0.675. The molecule has 0 saturated carbocycles. The molecule has 0 fully saturated rings. The third-order valence-electron chi connectivity index (χ3n) is 5.43. The fourth-order valence-corrected chi connectivity index (χ4v) is 4.04. The lowest BCUT2D eigenvalue weighted by molar-refractivity contribution is -0.147.